The van der Waals surface area contributed by atoms with E-state index < -0.39 is 0 Å². The fourth-order valence-electron chi connectivity index (χ4n) is 1.08. The third kappa shape index (κ3) is 2.55. The van der Waals surface area contributed by atoms with Gasteiger partial charge in [-0.15, -0.1) is 0 Å². The van der Waals surface area contributed by atoms with Gasteiger partial charge in [0.2, 0.25) is 5.91 Å². The zero-order chi connectivity index (χ0) is 9.84. The van der Waals surface area contributed by atoms with Crippen LogP contribution in [0.15, 0.2) is 6.07 Å². The lowest BCUT2D eigenvalue weighted by atomic mass is 10.4. The maximum atomic E-state index is 11.2. The molecule has 0 radical (unpaired) electrons. The zero-order valence-electron chi connectivity index (χ0n) is 8.09. The Labute approximate surface area is 77.1 Å². The van der Waals surface area contributed by atoms with Crippen LogP contribution < -0.4 is 10.6 Å². The number of likely N-dealkylation sites (N-methyl/N-ethyl adjacent to an activating group) is 1. The van der Waals surface area contributed by atoms with E-state index in [0.717, 1.165) is 11.5 Å². The number of anilines is 1. The number of rotatable bonds is 3. The number of aryl methyl sites for hydroxylation is 2. The second-order valence-electron chi connectivity index (χ2n) is 2.87. The first kappa shape index (κ1) is 9.73. The van der Waals surface area contributed by atoms with Crippen molar-refractivity contribution in [3.05, 3.63) is 11.8 Å². The molecule has 1 aromatic heterocycles. The van der Waals surface area contributed by atoms with Crippen molar-refractivity contribution in [3.8, 4) is 0 Å². The Morgan fingerprint density at radius 3 is 2.85 bits per heavy atom. The normalized spacial score (nSPS) is 10.1. The Morgan fingerprint density at radius 2 is 2.38 bits per heavy atom. The Kier molecular flexibility index (Phi) is 3.02. The summed E-state index contributed by atoms with van der Waals surface area (Å²) in [6, 6.07) is 1.83. The lowest BCUT2D eigenvalue weighted by Crippen LogP contribution is -2.25. The fourth-order valence-corrected chi connectivity index (χ4v) is 1.08. The van der Waals surface area contributed by atoms with Gasteiger partial charge in [-0.1, -0.05) is 0 Å². The van der Waals surface area contributed by atoms with Crippen molar-refractivity contribution in [2.24, 2.45) is 7.05 Å². The van der Waals surface area contributed by atoms with Crippen LogP contribution in [0.4, 0.5) is 5.82 Å². The van der Waals surface area contributed by atoms with Crippen LogP contribution in [0.5, 0.6) is 0 Å². The number of hydrogen-bond acceptors (Lipinski definition) is 3. The highest BCUT2D eigenvalue weighted by Crippen LogP contribution is 2.06. The molecule has 0 spiro atoms. The molecule has 0 unspecified atom stereocenters. The molecule has 0 fully saturated rings. The molecular formula is C8H14N4O. The molecule has 0 aliphatic heterocycles. The Bertz CT molecular complexity index is 305. The summed E-state index contributed by atoms with van der Waals surface area (Å²) in [4.78, 5) is 11.2. The quantitative estimate of drug-likeness (QED) is 0.685. The Morgan fingerprint density at radius 1 is 1.69 bits per heavy atom. The van der Waals surface area contributed by atoms with Gasteiger partial charge in [-0.25, -0.2) is 0 Å². The van der Waals surface area contributed by atoms with Crippen LogP contribution in [0.25, 0.3) is 0 Å². The molecule has 5 heteroatoms. The molecule has 0 aromatic carbocycles. The molecule has 5 nitrogen and oxygen atoms in total. The van der Waals surface area contributed by atoms with Crippen LogP contribution >= 0.6 is 0 Å². The molecule has 13 heavy (non-hydrogen) atoms. The third-order valence-corrected chi connectivity index (χ3v) is 1.61. The molecule has 0 saturated carbocycles. The Balaban J connectivity index is 2.63. The summed E-state index contributed by atoms with van der Waals surface area (Å²) in [6.07, 6.45) is 0. The minimum atomic E-state index is -0.0644. The monoisotopic (exact) mass is 182 g/mol. The van der Waals surface area contributed by atoms with E-state index in [1.807, 2.05) is 13.0 Å². The number of hydrogen-bond donors (Lipinski definition) is 2. The van der Waals surface area contributed by atoms with Gasteiger partial charge in [-0.05, 0) is 14.0 Å². The van der Waals surface area contributed by atoms with Crippen molar-refractivity contribution >= 4 is 11.7 Å². The van der Waals surface area contributed by atoms with E-state index in [1.165, 1.54) is 0 Å². The second-order valence-corrected chi connectivity index (χ2v) is 2.87. The SMILES string of the molecule is CNCC(=O)Nc1cc(C)nn1C. The van der Waals surface area contributed by atoms with E-state index >= 15 is 0 Å². The van der Waals surface area contributed by atoms with E-state index in [4.69, 9.17) is 0 Å². The first-order valence-electron chi connectivity index (χ1n) is 4.08. The van der Waals surface area contributed by atoms with Gasteiger partial charge in [-0.3, -0.25) is 9.48 Å². The summed E-state index contributed by atoms with van der Waals surface area (Å²) in [5.41, 5.74) is 0.891. The first-order chi connectivity index (χ1) is 6.13. The largest absolute Gasteiger partial charge is 0.311 e. The van der Waals surface area contributed by atoms with E-state index in [1.54, 1.807) is 18.8 Å². The van der Waals surface area contributed by atoms with Crippen molar-refractivity contribution in [3.63, 3.8) is 0 Å². The standard InChI is InChI=1S/C8H14N4O/c1-6-4-7(12(3)11-6)10-8(13)5-9-2/h4,9H,5H2,1-3H3,(H,10,13). The van der Waals surface area contributed by atoms with Crippen molar-refractivity contribution in [2.75, 3.05) is 18.9 Å². The summed E-state index contributed by atoms with van der Waals surface area (Å²) in [6.45, 7) is 2.19. The summed E-state index contributed by atoms with van der Waals surface area (Å²) in [7, 11) is 3.52. The molecule has 1 aromatic rings. The predicted molar refractivity (Wildman–Crippen MR) is 50.5 cm³/mol. The van der Waals surface area contributed by atoms with E-state index in [0.29, 0.717) is 6.54 Å². The molecule has 1 rings (SSSR count). The van der Waals surface area contributed by atoms with Gasteiger partial charge in [0.1, 0.15) is 5.82 Å². The first-order valence-corrected chi connectivity index (χ1v) is 4.08. The zero-order valence-corrected chi connectivity index (χ0v) is 8.09. The molecule has 0 aliphatic carbocycles. The Hall–Kier alpha value is -1.36. The summed E-state index contributed by atoms with van der Waals surface area (Å²) >= 11 is 0. The summed E-state index contributed by atoms with van der Waals surface area (Å²) in [5, 5.41) is 9.61. The summed E-state index contributed by atoms with van der Waals surface area (Å²) < 4.78 is 1.64. The molecule has 72 valence electrons. The van der Waals surface area contributed by atoms with E-state index in [-0.39, 0.29) is 5.91 Å². The van der Waals surface area contributed by atoms with Crippen LogP contribution in [-0.2, 0) is 11.8 Å². The van der Waals surface area contributed by atoms with Crippen LogP contribution in [0.2, 0.25) is 0 Å². The number of nitrogens with one attached hydrogen (secondary N) is 2. The van der Waals surface area contributed by atoms with Gasteiger partial charge in [0.25, 0.3) is 0 Å². The fraction of sp³-hybridized carbons (Fsp3) is 0.500. The molecular weight excluding hydrogens is 168 g/mol. The average molecular weight is 182 g/mol. The molecule has 2 N–H and O–H groups in total. The predicted octanol–water partition coefficient (Wildman–Crippen LogP) is -0.114. The number of aromatic nitrogens is 2. The summed E-state index contributed by atoms with van der Waals surface area (Å²) in [5.74, 6) is 0.656. The van der Waals surface area contributed by atoms with Crippen LogP contribution in [0, 0.1) is 6.92 Å². The minimum Gasteiger partial charge on any atom is -0.311 e. The lowest BCUT2D eigenvalue weighted by molar-refractivity contribution is -0.115. The van der Waals surface area contributed by atoms with Gasteiger partial charge >= 0.3 is 0 Å². The van der Waals surface area contributed by atoms with Crippen LogP contribution in [-0.4, -0.2) is 29.3 Å². The highest BCUT2D eigenvalue weighted by atomic mass is 16.2. The molecule has 1 heterocycles. The number of carbonyl (C=O) groups excluding carboxylic acids is 1. The molecule has 0 atom stereocenters. The molecule has 1 amide bonds. The molecule has 0 bridgehead atoms. The molecule has 0 saturated heterocycles. The van der Waals surface area contributed by atoms with E-state index in [2.05, 4.69) is 15.7 Å². The van der Waals surface area contributed by atoms with Gasteiger partial charge < -0.3 is 10.6 Å². The number of nitrogens with zero attached hydrogens (tertiary/aromatic N) is 2. The number of amides is 1. The highest BCUT2D eigenvalue weighted by molar-refractivity contribution is 5.91. The van der Waals surface area contributed by atoms with Crippen LogP contribution in [0.1, 0.15) is 5.69 Å². The maximum absolute atomic E-state index is 11.2. The van der Waals surface area contributed by atoms with E-state index in [9.17, 15) is 4.79 Å². The van der Waals surface area contributed by atoms with Crippen molar-refractivity contribution in [1.29, 1.82) is 0 Å². The lowest BCUT2D eigenvalue weighted by Gasteiger charge is -2.03. The van der Waals surface area contributed by atoms with Crippen molar-refractivity contribution in [2.45, 2.75) is 6.92 Å². The number of carbonyl (C=O) groups is 1. The van der Waals surface area contributed by atoms with Gasteiger partial charge in [0, 0.05) is 13.1 Å². The molecule has 0 aliphatic rings. The average Bonchev–Trinajstić information content (AvgIpc) is 2.30. The minimum absolute atomic E-state index is 0.0644. The highest BCUT2D eigenvalue weighted by Gasteiger charge is 2.04. The van der Waals surface area contributed by atoms with Crippen molar-refractivity contribution < 1.29 is 4.79 Å². The smallest absolute Gasteiger partial charge is 0.239 e. The third-order valence-electron chi connectivity index (χ3n) is 1.61. The van der Waals surface area contributed by atoms with Gasteiger partial charge in [-0.2, -0.15) is 5.10 Å². The van der Waals surface area contributed by atoms with Crippen molar-refractivity contribution in [1.82, 2.24) is 15.1 Å². The van der Waals surface area contributed by atoms with Gasteiger partial charge in [0.15, 0.2) is 0 Å². The van der Waals surface area contributed by atoms with Gasteiger partial charge in [0.05, 0.1) is 12.2 Å². The van der Waals surface area contributed by atoms with Crippen LogP contribution in [0.3, 0.4) is 0 Å². The maximum Gasteiger partial charge on any atom is 0.239 e. The second kappa shape index (κ2) is 4.04. The topological polar surface area (TPSA) is 59.0 Å².